The van der Waals surface area contributed by atoms with E-state index in [9.17, 15) is 18.0 Å². The fraction of sp³-hybridized carbons (Fsp3) is 0.0476. The second-order valence-corrected chi connectivity index (χ2v) is 7.75. The largest absolute Gasteiger partial charge is 0.417 e. The van der Waals surface area contributed by atoms with Crippen LogP contribution in [-0.4, -0.2) is 20.9 Å². The third-order valence-electron chi connectivity index (χ3n) is 4.36. The Morgan fingerprint density at radius 2 is 1.81 bits per heavy atom. The molecule has 0 unspecified atom stereocenters. The summed E-state index contributed by atoms with van der Waals surface area (Å²) < 4.78 is 41.2. The Morgan fingerprint density at radius 3 is 2.52 bits per heavy atom. The van der Waals surface area contributed by atoms with Crippen LogP contribution in [0.2, 0.25) is 5.02 Å². The van der Waals surface area contributed by atoms with Crippen LogP contribution in [0.25, 0.3) is 22.3 Å². The van der Waals surface area contributed by atoms with E-state index < -0.39 is 22.3 Å². The zero-order valence-electron chi connectivity index (χ0n) is 15.4. The summed E-state index contributed by atoms with van der Waals surface area (Å²) in [6.07, 6.45) is -0.383. The Balaban J connectivity index is 1.91. The maximum absolute atomic E-state index is 13.1. The molecule has 0 aliphatic carbocycles. The topological polar surface area (TPSA) is 60.1 Å². The first kappa shape index (κ1) is 21.2. The molecule has 0 aliphatic heterocycles. The maximum Gasteiger partial charge on any atom is 0.417 e. The van der Waals surface area contributed by atoms with E-state index in [2.05, 4.69) is 31.0 Å². The number of rotatable bonds is 3. The van der Waals surface area contributed by atoms with Crippen molar-refractivity contribution in [3.8, 4) is 11.4 Å². The van der Waals surface area contributed by atoms with Crippen LogP contribution in [0, 0.1) is 0 Å². The number of hydrogen-bond acceptors (Lipinski definition) is 4. The van der Waals surface area contributed by atoms with Crippen LogP contribution >= 0.6 is 27.5 Å². The first-order valence-electron chi connectivity index (χ1n) is 8.78. The monoisotopic (exact) mass is 506 g/mol. The molecule has 0 fully saturated rings. The molecular formula is C21H11BrClF3N4O. The third-order valence-corrected chi connectivity index (χ3v) is 5.19. The van der Waals surface area contributed by atoms with E-state index in [1.54, 1.807) is 30.3 Å². The average Bonchev–Trinajstić information content (AvgIpc) is 2.74. The van der Waals surface area contributed by atoms with Gasteiger partial charge in [0.1, 0.15) is 0 Å². The van der Waals surface area contributed by atoms with Gasteiger partial charge in [0.05, 0.1) is 27.7 Å². The van der Waals surface area contributed by atoms with Gasteiger partial charge in [-0.15, -0.1) is 0 Å². The van der Waals surface area contributed by atoms with Gasteiger partial charge in [0, 0.05) is 22.4 Å². The summed E-state index contributed by atoms with van der Waals surface area (Å²) in [5, 5.41) is 4.04. The number of hydrogen-bond donors (Lipinski definition) is 0. The van der Waals surface area contributed by atoms with Crippen molar-refractivity contribution in [2.45, 2.75) is 6.18 Å². The molecule has 4 aromatic rings. The van der Waals surface area contributed by atoms with Crippen molar-refractivity contribution in [3.05, 3.63) is 91.9 Å². The number of halogens is 5. The lowest BCUT2D eigenvalue weighted by Gasteiger charge is -2.11. The first-order valence-corrected chi connectivity index (χ1v) is 9.95. The summed E-state index contributed by atoms with van der Waals surface area (Å²) in [4.78, 5) is 21.6. The van der Waals surface area contributed by atoms with Crippen molar-refractivity contribution in [3.63, 3.8) is 0 Å². The third kappa shape index (κ3) is 4.38. The number of nitrogens with zero attached hydrogens (tertiary/aromatic N) is 4. The smallest absolute Gasteiger partial charge is 0.267 e. The summed E-state index contributed by atoms with van der Waals surface area (Å²) in [5.41, 5.74) is -0.308. The maximum atomic E-state index is 13.1. The van der Waals surface area contributed by atoms with E-state index in [-0.39, 0.29) is 11.4 Å². The molecule has 0 bridgehead atoms. The highest BCUT2D eigenvalue weighted by Gasteiger charge is 2.33. The zero-order valence-corrected chi connectivity index (χ0v) is 17.8. The van der Waals surface area contributed by atoms with Crippen LogP contribution in [0.3, 0.4) is 0 Å². The van der Waals surface area contributed by atoms with Gasteiger partial charge in [-0.25, -0.2) is 4.98 Å². The summed E-state index contributed by atoms with van der Waals surface area (Å²) in [7, 11) is 0. The van der Waals surface area contributed by atoms with Gasteiger partial charge in [-0.05, 0) is 48.0 Å². The molecule has 5 nitrogen and oxygen atoms in total. The average molecular weight is 508 g/mol. The number of alkyl halides is 3. The lowest BCUT2D eigenvalue weighted by molar-refractivity contribution is -0.137. The molecule has 2 aromatic heterocycles. The summed E-state index contributed by atoms with van der Waals surface area (Å²) in [6.45, 7) is 0. The van der Waals surface area contributed by atoms with Crippen molar-refractivity contribution in [2.24, 2.45) is 5.10 Å². The van der Waals surface area contributed by atoms with Crippen molar-refractivity contribution >= 4 is 44.6 Å². The number of benzene rings is 2. The Morgan fingerprint density at radius 1 is 1.06 bits per heavy atom. The molecule has 0 amide bonds. The van der Waals surface area contributed by atoms with E-state index in [0.29, 0.717) is 20.9 Å². The second-order valence-electron chi connectivity index (χ2n) is 6.43. The molecule has 0 atom stereocenters. The highest BCUT2D eigenvalue weighted by atomic mass is 79.9. The lowest BCUT2D eigenvalue weighted by atomic mass is 10.1. The fourth-order valence-electron chi connectivity index (χ4n) is 2.91. The van der Waals surface area contributed by atoms with Gasteiger partial charge >= 0.3 is 6.18 Å². The van der Waals surface area contributed by atoms with Crippen molar-refractivity contribution in [1.29, 1.82) is 0 Å². The SMILES string of the molecule is O=c1c2cc(Br)ccc2nc(-c2ccncc2)n1N=Cc1ccc(Cl)c(C(F)(F)F)c1. The molecule has 31 heavy (non-hydrogen) atoms. The molecule has 0 saturated carbocycles. The van der Waals surface area contributed by atoms with Crippen LogP contribution in [0.5, 0.6) is 0 Å². The second kappa shape index (κ2) is 8.24. The number of aromatic nitrogens is 3. The van der Waals surface area contributed by atoms with Gasteiger partial charge in [-0.3, -0.25) is 9.78 Å². The minimum absolute atomic E-state index is 0.124. The quantitative estimate of drug-likeness (QED) is 0.331. The lowest BCUT2D eigenvalue weighted by Crippen LogP contribution is -2.20. The zero-order chi connectivity index (χ0) is 22.2. The number of fused-ring (bicyclic) bond motifs is 1. The predicted molar refractivity (Wildman–Crippen MR) is 116 cm³/mol. The molecule has 2 heterocycles. The first-order chi connectivity index (χ1) is 14.7. The summed E-state index contributed by atoms with van der Waals surface area (Å²) >= 11 is 8.99. The van der Waals surface area contributed by atoms with E-state index in [1.165, 1.54) is 18.5 Å². The van der Waals surface area contributed by atoms with Gasteiger partial charge < -0.3 is 0 Å². The molecule has 10 heteroatoms. The van der Waals surface area contributed by atoms with Gasteiger partial charge in [0.2, 0.25) is 0 Å². The Kier molecular flexibility index (Phi) is 5.63. The normalized spacial score (nSPS) is 12.0. The number of pyridine rings is 1. The molecule has 0 spiro atoms. The van der Waals surface area contributed by atoms with Crippen molar-refractivity contribution in [1.82, 2.24) is 14.6 Å². The van der Waals surface area contributed by atoms with Crippen LogP contribution in [0.1, 0.15) is 11.1 Å². The van der Waals surface area contributed by atoms with E-state index in [0.717, 1.165) is 23.0 Å². The van der Waals surface area contributed by atoms with Crippen LogP contribution in [-0.2, 0) is 6.18 Å². The standard InChI is InChI=1S/C21H11BrClF3N4O/c22-14-2-4-18-15(10-14)20(31)30(19(29-18)13-5-7-27-8-6-13)28-11-12-1-3-17(23)16(9-12)21(24,25)26/h1-11H. The Hall–Kier alpha value is -3.04. The van der Waals surface area contributed by atoms with E-state index in [4.69, 9.17) is 11.6 Å². The minimum Gasteiger partial charge on any atom is -0.267 e. The molecule has 0 saturated heterocycles. The highest BCUT2D eigenvalue weighted by molar-refractivity contribution is 9.10. The van der Waals surface area contributed by atoms with Crippen LogP contribution < -0.4 is 5.56 Å². The van der Waals surface area contributed by atoms with Crippen molar-refractivity contribution in [2.75, 3.05) is 0 Å². The fourth-order valence-corrected chi connectivity index (χ4v) is 3.49. The van der Waals surface area contributed by atoms with Crippen LogP contribution in [0.15, 0.2) is 75.3 Å². The minimum atomic E-state index is -4.61. The van der Waals surface area contributed by atoms with Gasteiger partial charge in [0.15, 0.2) is 5.82 Å². The Bertz CT molecular complexity index is 1370. The molecule has 2 aromatic carbocycles. The van der Waals surface area contributed by atoms with Crippen molar-refractivity contribution < 1.29 is 13.2 Å². The molecular weight excluding hydrogens is 497 g/mol. The highest BCUT2D eigenvalue weighted by Crippen LogP contribution is 2.34. The van der Waals surface area contributed by atoms with E-state index in [1.807, 2.05) is 0 Å². The van der Waals surface area contributed by atoms with Gasteiger partial charge in [-0.2, -0.15) is 22.9 Å². The Labute approximate surface area is 187 Å². The molecule has 0 N–H and O–H groups in total. The van der Waals surface area contributed by atoms with Gasteiger partial charge in [0.25, 0.3) is 5.56 Å². The van der Waals surface area contributed by atoms with Crippen LogP contribution in [0.4, 0.5) is 13.2 Å². The molecule has 0 aliphatic rings. The predicted octanol–water partition coefficient (Wildman–Crippen LogP) is 5.78. The molecule has 156 valence electrons. The molecule has 0 radical (unpaired) electrons. The van der Waals surface area contributed by atoms with Gasteiger partial charge in [-0.1, -0.05) is 33.6 Å². The molecule has 4 rings (SSSR count). The summed E-state index contributed by atoms with van der Waals surface area (Å²) in [5.74, 6) is 0.225. The summed E-state index contributed by atoms with van der Waals surface area (Å²) in [6, 6.07) is 11.7. The van der Waals surface area contributed by atoms with E-state index >= 15 is 0 Å².